The molecular formula is C15H28N2O3. The number of imide groups is 1. The molecule has 0 saturated heterocycles. The van der Waals surface area contributed by atoms with Crippen molar-refractivity contribution in [1.82, 2.24) is 4.90 Å². The molecule has 5 heteroatoms. The van der Waals surface area contributed by atoms with Crippen molar-refractivity contribution in [3.63, 3.8) is 0 Å². The van der Waals surface area contributed by atoms with Crippen molar-refractivity contribution < 1.29 is 14.3 Å². The van der Waals surface area contributed by atoms with E-state index >= 15 is 0 Å². The molecule has 0 aromatic rings. The number of rotatable bonds is 7. The lowest BCUT2D eigenvalue weighted by atomic mass is 10.2. The SMILES string of the molecule is C=C(C)C(=O)N(CCCCCCN)C(=O)OC(C)(C)C. The first-order valence-electron chi connectivity index (χ1n) is 7.09. The smallest absolute Gasteiger partial charge is 0.417 e. The van der Waals surface area contributed by atoms with Crippen LogP contribution in [0, 0.1) is 0 Å². The Bertz CT molecular complexity index is 346. The minimum Gasteiger partial charge on any atom is -0.443 e. The van der Waals surface area contributed by atoms with E-state index in [1.807, 2.05) is 0 Å². The van der Waals surface area contributed by atoms with Gasteiger partial charge in [-0.25, -0.2) is 9.69 Å². The van der Waals surface area contributed by atoms with Crippen LogP contribution in [0.2, 0.25) is 0 Å². The average molecular weight is 284 g/mol. The van der Waals surface area contributed by atoms with Gasteiger partial charge in [0.25, 0.3) is 5.91 Å². The molecular weight excluding hydrogens is 256 g/mol. The molecule has 0 saturated carbocycles. The molecule has 2 N–H and O–H groups in total. The maximum atomic E-state index is 12.0. The van der Waals surface area contributed by atoms with Crippen LogP contribution in [0.25, 0.3) is 0 Å². The molecule has 0 aliphatic carbocycles. The van der Waals surface area contributed by atoms with E-state index < -0.39 is 11.7 Å². The summed E-state index contributed by atoms with van der Waals surface area (Å²) >= 11 is 0. The van der Waals surface area contributed by atoms with Crippen LogP contribution in [0.4, 0.5) is 4.79 Å². The number of hydrogen-bond donors (Lipinski definition) is 1. The fourth-order valence-electron chi connectivity index (χ4n) is 1.59. The van der Waals surface area contributed by atoms with Gasteiger partial charge in [-0.3, -0.25) is 4.79 Å². The van der Waals surface area contributed by atoms with Gasteiger partial charge in [0, 0.05) is 12.1 Å². The molecule has 2 amide bonds. The number of ether oxygens (including phenoxy) is 1. The summed E-state index contributed by atoms with van der Waals surface area (Å²) in [4.78, 5) is 25.2. The molecule has 5 nitrogen and oxygen atoms in total. The van der Waals surface area contributed by atoms with E-state index in [9.17, 15) is 9.59 Å². The predicted molar refractivity (Wildman–Crippen MR) is 80.3 cm³/mol. The minimum absolute atomic E-state index is 0.331. The van der Waals surface area contributed by atoms with Crippen LogP contribution in [0.1, 0.15) is 53.4 Å². The van der Waals surface area contributed by atoms with Crippen LogP contribution >= 0.6 is 0 Å². The summed E-state index contributed by atoms with van der Waals surface area (Å²) in [7, 11) is 0. The molecule has 20 heavy (non-hydrogen) atoms. The first-order valence-corrected chi connectivity index (χ1v) is 7.09. The third-order valence-electron chi connectivity index (χ3n) is 2.56. The lowest BCUT2D eigenvalue weighted by Gasteiger charge is -2.26. The van der Waals surface area contributed by atoms with E-state index in [1.165, 1.54) is 0 Å². The Hall–Kier alpha value is -1.36. The van der Waals surface area contributed by atoms with Crippen molar-refractivity contribution in [2.75, 3.05) is 13.1 Å². The molecule has 0 heterocycles. The minimum atomic E-state index is -0.621. The molecule has 0 aromatic carbocycles. The molecule has 116 valence electrons. The Labute approximate surface area is 122 Å². The first-order chi connectivity index (χ1) is 9.19. The van der Waals surface area contributed by atoms with E-state index in [2.05, 4.69) is 6.58 Å². The third-order valence-corrected chi connectivity index (χ3v) is 2.56. The molecule has 0 atom stereocenters. The first kappa shape index (κ1) is 18.6. The summed E-state index contributed by atoms with van der Waals surface area (Å²) in [5.74, 6) is -0.377. The number of nitrogens with zero attached hydrogens (tertiary/aromatic N) is 1. The van der Waals surface area contributed by atoms with E-state index in [0.717, 1.165) is 30.6 Å². The number of hydrogen-bond acceptors (Lipinski definition) is 4. The van der Waals surface area contributed by atoms with Crippen molar-refractivity contribution >= 4 is 12.0 Å². The fourth-order valence-corrected chi connectivity index (χ4v) is 1.59. The van der Waals surface area contributed by atoms with Crippen molar-refractivity contribution in [2.24, 2.45) is 5.73 Å². The lowest BCUT2D eigenvalue weighted by Crippen LogP contribution is -2.41. The van der Waals surface area contributed by atoms with Crippen molar-refractivity contribution in [2.45, 2.75) is 59.0 Å². The Morgan fingerprint density at radius 3 is 2.15 bits per heavy atom. The normalized spacial score (nSPS) is 11.1. The van der Waals surface area contributed by atoms with Crippen LogP contribution in [0.5, 0.6) is 0 Å². The van der Waals surface area contributed by atoms with Gasteiger partial charge in [-0.15, -0.1) is 0 Å². The van der Waals surface area contributed by atoms with Gasteiger partial charge >= 0.3 is 6.09 Å². The zero-order chi connectivity index (χ0) is 15.8. The highest BCUT2D eigenvalue weighted by Crippen LogP contribution is 2.13. The Balaban J connectivity index is 4.54. The zero-order valence-corrected chi connectivity index (χ0v) is 13.2. The second-order valence-electron chi connectivity index (χ2n) is 5.92. The molecule has 0 unspecified atom stereocenters. The molecule has 0 fully saturated rings. The van der Waals surface area contributed by atoms with E-state index in [0.29, 0.717) is 18.7 Å². The van der Waals surface area contributed by atoms with Crippen LogP contribution < -0.4 is 5.73 Å². The van der Waals surface area contributed by atoms with Crippen molar-refractivity contribution in [3.8, 4) is 0 Å². The number of unbranched alkanes of at least 4 members (excludes halogenated alkanes) is 3. The molecule has 0 aliphatic heterocycles. The third kappa shape index (κ3) is 7.94. The number of nitrogens with two attached hydrogens (primary N) is 1. The average Bonchev–Trinajstić information content (AvgIpc) is 2.30. The van der Waals surface area contributed by atoms with E-state index in [-0.39, 0.29) is 5.91 Å². The summed E-state index contributed by atoms with van der Waals surface area (Å²) in [5.41, 5.74) is 5.14. The van der Waals surface area contributed by atoms with Crippen LogP contribution in [-0.2, 0) is 9.53 Å². The highest BCUT2D eigenvalue weighted by Gasteiger charge is 2.26. The fraction of sp³-hybridized carbons (Fsp3) is 0.733. The summed E-state index contributed by atoms with van der Waals surface area (Å²) in [6.45, 7) is 11.5. The molecule has 0 rings (SSSR count). The Morgan fingerprint density at radius 1 is 1.15 bits per heavy atom. The molecule has 0 spiro atoms. The van der Waals surface area contributed by atoms with Gasteiger partial charge in [0.1, 0.15) is 5.60 Å². The highest BCUT2D eigenvalue weighted by atomic mass is 16.6. The van der Waals surface area contributed by atoms with E-state index in [4.69, 9.17) is 10.5 Å². The van der Waals surface area contributed by atoms with Gasteiger partial charge in [-0.05, 0) is 47.1 Å². The largest absolute Gasteiger partial charge is 0.443 e. The monoisotopic (exact) mass is 284 g/mol. The van der Waals surface area contributed by atoms with Gasteiger partial charge in [0.05, 0.1) is 0 Å². The number of carbonyl (C=O) groups excluding carboxylic acids is 2. The number of carbonyl (C=O) groups is 2. The second-order valence-corrected chi connectivity index (χ2v) is 5.92. The van der Waals surface area contributed by atoms with Gasteiger partial charge < -0.3 is 10.5 Å². The van der Waals surface area contributed by atoms with Crippen LogP contribution in [-0.4, -0.2) is 35.6 Å². The Kier molecular flexibility index (Phi) is 8.15. The summed E-state index contributed by atoms with van der Waals surface area (Å²) < 4.78 is 5.25. The predicted octanol–water partition coefficient (Wildman–Crippen LogP) is 2.85. The van der Waals surface area contributed by atoms with Gasteiger partial charge in [0.2, 0.25) is 0 Å². The van der Waals surface area contributed by atoms with Gasteiger partial charge in [0.15, 0.2) is 0 Å². The summed E-state index contributed by atoms with van der Waals surface area (Å²) in [6, 6.07) is 0. The quantitative estimate of drug-likeness (QED) is 0.576. The molecule has 0 bridgehead atoms. The maximum Gasteiger partial charge on any atom is 0.417 e. The van der Waals surface area contributed by atoms with E-state index in [1.54, 1.807) is 27.7 Å². The topological polar surface area (TPSA) is 72.6 Å². The summed E-state index contributed by atoms with van der Waals surface area (Å²) in [6.07, 6.45) is 3.03. The lowest BCUT2D eigenvalue weighted by molar-refractivity contribution is -0.126. The Morgan fingerprint density at radius 2 is 1.70 bits per heavy atom. The summed E-state index contributed by atoms with van der Waals surface area (Å²) in [5, 5.41) is 0. The zero-order valence-electron chi connectivity index (χ0n) is 13.2. The van der Waals surface area contributed by atoms with Gasteiger partial charge in [-0.2, -0.15) is 0 Å². The van der Waals surface area contributed by atoms with Gasteiger partial charge in [-0.1, -0.05) is 19.4 Å². The maximum absolute atomic E-state index is 12.0. The van der Waals surface area contributed by atoms with Crippen LogP contribution in [0.3, 0.4) is 0 Å². The molecule has 0 radical (unpaired) electrons. The number of amides is 2. The van der Waals surface area contributed by atoms with Crippen molar-refractivity contribution in [3.05, 3.63) is 12.2 Å². The van der Waals surface area contributed by atoms with Crippen molar-refractivity contribution in [1.29, 1.82) is 0 Å². The standard InChI is InChI=1S/C15H28N2O3/c1-12(2)13(18)17(11-9-7-6-8-10-16)14(19)20-15(3,4)5/h1,6-11,16H2,2-5H3. The highest BCUT2D eigenvalue weighted by molar-refractivity contribution is 6.01. The molecule has 0 aliphatic rings. The second kappa shape index (κ2) is 8.74. The van der Waals surface area contributed by atoms with Crippen LogP contribution in [0.15, 0.2) is 12.2 Å². The molecule has 0 aromatic heterocycles.